The van der Waals surface area contributed by atoms with Crippen LogP contribution in [0, 0.1) is 0 Å². The van der Waals surface area contributed by atoms with Gasteiger partial charge < -0.3 is 10.2 Å². The quantitative estimate of drug-likeness (QED) is 0.449. The van der Waals surface area contributed by atoms with Crippen molar-refractivity contribution in [3.8, 4) is 0 Å². The minimum atomic E-state index is -3.82. The van der Waals surface area contributed by atoms with E-state index >= 15 is 0 Å². The molecule has 0 heterocycles. The van der Waals surface area contributed by atoms with Crippen molar-refractivity contribution in [3.63, 3.8) is 0 Å². The van der Waals surface area contributed by atoms with E-state index in [-0.39, 0.29) is 24.6 Å². The molecule has 0 spiro atoms. The number of rotatable bonds is 10. The van der Waals surface area contributed by atoms with E-state index in [9.17, 15) is 18.0 Å². The van der Waals surface area contributed by atoms with Crippen LogP contribution in [0.1, 0.15) is 11.1 Å². The van der Waals surface area contributed by atoms with E-state index in [1.807, 2.05) is 60.7 Å². The molecule has 3 rings (SSSR count). The Balaban J connectivity index is 2.00. The number of hydrogen-bond acceptors (Lipinski definition) is 4. The summed E-state index contributed by atoms with van der Waals surface area (Å²) >= 11 is 6.08. The minimum absolute atomic E-state index is 0.137. The fraction of sp³-hybridized carbons (Fsp3) is 0.231. The third-order valence-corrected chi connectivity index (χ3v) is 6.86. The van der Waals surface area contributed by atoms with Crippen LogP contribution in [-0.4, -0.2) is 51.0 Å². The standard InChI is InChI=1S/C26H28ClN3O4S/c1-28-26(32)24(16-20-10-5-3-6-11-20)29(18-21-12-7-4-8-13-21)25(31)19-30(35(2,33)34)23-15-9-14-22(27)17-23/h3-15,17,24H,16,18-19H2,1-2H3,(H,28,32). The van der Waals surface area contributed by atoms with Crippen molar-refractivity contribution < 1.29 is 18.0 Å². The molecule has 1 unspecified atom stereocenters. The summed E-state index contributed by atoms with van der Waals surface area (Å²) in [5.41, 5.74) is 1.96. The number of sulfonamides is 1. The van der Waals surface area contributed by atoms with Crippen LogP contribution in [0.4, 0.5) is 5.69 Å². The first-order chi connectivity index (χ1) is 16.7. The SMILES string of the molecule is CNC(=O)C(Cc1ccccc1)N(Cc1ccccc1)C(=O)CN(c1cccc(Cl)c1)S(C)(=O)=O. The Labute approximate surface area is 211 Å². The third kappa shape index (κ3) is 7.31. The Morgan fingerprint density at radius 2 is 1.51 bits per heavy atom. The van der Waals surface area contributed by atoms with Crippen molar-refractivity contribution >= 4 is 39.1 Å². The van der Waals surface area contributed by atoms with Gasteiger partial charge in [-0.3, -0.25) is 13.9 Å². The number of benzene rings is 3. The van der Waals surface area contributed by atoms with E-state index in [1.54, 1.807) is 18.2 Å². The van der Waals surface area contributed by atoms with Gasteiger partial charge in [-0.1, -0.05) is 78.3 Å². The fourth-order valence-corrected chi connectivity index (χ4v) is 4.77. The van der Waals surface area contributed by atoms with Gasteiger partial charge in [0.15, 0.2) is 0 Å². The Bertz CT molecular complexity index is 1250. The second kappa shape index (κ2) is 11.9. The normalized spacial score (nSPS) is 12.0. The minimum Gasteiger partial charge on any atom is -0.357 e. The molecule has 0 bridgehead atoms. The lowest BCUT2D eigenvalue weighted by molar-refractivity contribution is -0.139. The van der Waals surface area contributed by atoms with Gasteiger partial charge in [0.2, 0.25) is 21.8 Å². The van der Waals surface area contributed by atoms with Gasteiger partial charge in [-0.25, -0.2) is 8.42 Å². The lowest BCUT2D eigenvalue weighted by atomic mass is 10.0. The topological polar surface area (TPSA) is 86.8 Å². The van der Waals surface area contributed by atoms with Crippen LogP contribution in [0.15, 0.2) is 84.9 Å². The summed E-state index contributed by atoms with van der Waals surface area (Å²) in [5, 5.41) is 2.99. The second-order valence-corrected chi connectivity index (χ2v) is 10.4. The Kier molecular flexibility index (Phi) is 8.89. The molecule has 1 atom stereocenters. The molecule has 0 aliphatic heterocycles. The van der Waals surface area contributed by atoms with Crippen LogP contribution in [0.25, 0.3) is 0 Å². The zero-order valence-electron chi connectivity index (χ0n) is 19.6. The third-order valence-electron chi connectivity index (χ3n) is 5.49. The van der Waals surface area contributed by atoms with E-state index in [0.29, 0.717) is 5.02 Å². The van der Waals surface area contributed by atoms with Crippen molar-refractivity contribution in [3.05, 3.63) is 101 Å². The monoisotopic (exact) mass is 513 g/mol. The number of carbonyl (C=O) groups is 2. The predicted octanol–water partition coefficient (Wildman–Crippen LogP) is 3.49. The summed E-state index contributed by atoms with van der Waals surface area (Å²) in [5.74, 6) is -0.851. The van der Waals surface area contributed by atoms with Crippen molar-refractivity contribution in [1.29, 1.82) is 0 Å². The lowest BCUT2D eigenvalue weighted by Gasteiger charge is -2.33. The second-order valence-electron chi connectivity index (χ2n) is 8.08. The molecule has 0 saturated carbocycles. The predicted molar refractivity (Wildman–Crippen MR) is 139 cm³/mol. The molecule has 2 amide bonds. The number of halogens is 1. The van der Waals surface area contributed by atoms with Crippen molar-refractivity contribution in [1.82, 2.24) is 10.2 Å². The van der Waals surface area contributed by atoms with Crippen LogP contribution in [0.2, 0.25) is 5.02 Å². The molecule has 9 heteroatoms. The van der Waals surface area contributed by atoms with Crippen molar-refractivity contribution in [2.75, 3.05) is 24.2 Å². The van der Waals surface area contributed by atoms with Gasteiger partial charge in [0, 0.05) is 25.0 Å². The van der Waals surface area contributed by atoms with E-state index in [0.717, 1.165) is 21.7 Å². The Morgan fingerprint density at radius 3 is 2.06 bits per heavy atom. The Hall–Kier alpha value is -3.36. The summed E-state index contributed by atoms with van der Waals surface area (Å²) in [4.78, 5) is 28.2. The van der Waals surface area contributed by atoms with Crippen molar-refractivity contribution in [2.45, 2.75) is 19.0 Å². The molecule has 1 N–H and O–H groups in total. The van der Waals surface area contributed by atoms with Crippen molar-refractivity contribution in [2.24, 2.45) is 0 Å². The average molecular weight is 514 g/mol. The first kappa shape index (κ1) is 26.2. The number of nitrogens with zero attached hydrogens (tertiary/aromatic N) is 2. The summed E-state index contributed by atoms with van der Waals surface area (Å²) in [7, 11) is -2.31. The first-order valence-electron chi connectivity index (χ1n) is 11.0. The van der Waals surface area contributed by atoms with Gasteiger partial charge in [-0.2, -0.15) is 0 Å². The molecule has 3 aromatic rings. The van der Waals surface area contributed by atoms with Gasteiger partial charge >= 0.3 is 0 Å². The number of hydrogen-bond donors (Lipinski definition) is 1. The van der Waals surface area contributed by atoms with Gasteiger partial charge in [-0.15, -0.1) is 0 Å². The van der Waals surface area contributed by atoms with Crippen LogP contribution < -0.4 is 9.62 Å². The summed E-state index contributed by atoms with van der Waals surface area (Å²) in [6, 6.07) is 24.1. The van der Waals surface area contributed by atoms with Gasteiger partial charge in [0.1, 0.15) is 12.6 Å². The summed E-state index contributed by atoms with van der Waals surface area (Å²) < 4.78 is 26.3. The largest absolute Gasteiger partial charge is 0.357 e. The lowest BCUT2D eigenvalue weighted by Crippen LogP contribution is -2.52. The number of amides is 2. The maximum Gasteiger partial charge on any atom is 0.244 e. The van der Waals surface area contributed by atoms with Gasteiger partial charge in [0.25, 0.3) is 0 Å². The molecule has 0 radical (unpaired) electrons. The summed E-state index contributed by atoms with van der Waals surface area (Å²) in [6.45, 7) is -0.341. The van der Waals surface area contributed by atoms with E-state index in [1.165, 1.54) is 18.0 Å². The molecule has 0 saturated heterocycles. The van der Waals surface area contributed by atoms with Crippen LogP contribution in [0.3, 0.4) is 0 Å². The van der Waals surface area contributed by atoms with E-state index in [4.69, 9.17) is 11.6 Å². The van der Waals surface area contributed by atoms with E-state index < -0.39 is 28.5 Å². The average Bonchev–Trinajstić information content (AvgIpc) is 2.84. The number of nitrogens with one attached hydrogen (secondary N) is 1. The number of likely N-dealkylation sites (N-methyl/N-ethyl adjacent to an activating group) is 1. The van der Waals surface area contributed by atoms with Crippen LogP contribution >= 0.6 is 11.6 Å². The fourth-order valence-electron chi connectivity index (χ4n) is 3.75. The molecular weight excluding hydrogens is 486 g/mol. The molecule has 0 aliphatic rings. The highest BCUT2D eigenvalue weighted by Gasteiger charge is 2.32. The first-order valence-corrected chi connectivity index (χ1v) is 13.2. The number of carbonyl (C=O) groups excluding carboxylic acids is 2. The molecule has 184 valence electrons. The van der Waals surface area contributed by atoms with Gasteiger partial charge in [-0.05, 0) is 29.3 Å². The Morgan fingerprint density at radius 1 is 0.914 bits per heavy atom. The number of anilines is 1. The zero-order valence-corrected chi connectivity index (χ0v) is 21.2. The maximum atomic E-state index is 13.7. The summed E-state index contributed by atoms with van der Waals surface area (Å²) in [6.07, 6.45) is 1.30. The molecule has 7 nitrogen and oxygen atoms in total. The maximum absolute atomic E-state index is 13.7. The molecule has 0 aliphatic carbocycles. The highest BCUT2D eigenvalue weighted by atomic mass is 35.5. The van der Waals surface area contributed by atoms with Crippen LogP contribution in [0.5, 0.6) is 0 Å². The molecule has 35 heavy (non-hydrogen) atoms. The molecule has 0 fully saturated rings. The molecule has 3 aromatic carbocycles. The molecular formula is C26H28ClN3O4S. The zero-order chi connectivity index (χ0) is 25.4. The van der Waals surface area contributed by atoms with Gasteiger partial charge in [0.05, 0.1) is 11.9 Å². The highest BCUT2D eigenvalue weighted by molar-refractivity contribution is 7.92. The molecule has 0 aromatic heterocycles. The highest BCUT2D eigenvalue weighted by Crippen LogP contribution is 2.23. The van der Waals surface area contributed by atoms with Crippen LogP contribution in [-0.2, 0) is 32.6 Å². The smallest absolute Gasteiger partial charge is 0.244 e. The van der Waals surface area contributed by atoms with E-state index in [2.05, 4.69) is 5.32 Å².